The summed E-state index contributed by atoms with van der Waals surface area (Å²) in [6.45, 7) is 4.50. The highest BCUT2D eigenvalue weighted by atomic mass is 16.2. The molecule has 5 rings (SSSR count). The van der Waals surface area contributed by atoms with E-state index < -0.39 is 5.41 Å². The molecule has 2 bridgehead atoms. The highest BCUT2D eigenvalue weighted by Crippen LogP contribution is 2.67. The van der Waals surface area contributed by atoms with E-state index in [1.165, 1.54) is 19.3 Å². The lowest BCUT2D eigenvalue weighted by molar-refractivity contribution is -0.131. The molecule has 2 saturated carbocycles. The summed E-state index contributed by atoms with van der Waals surface area (Å²) in [6, 6.07) is 8.37. The zero-order chi connectivity index (χ0) is 17.9. The summed E-state index contributed by atoms with van der Waals surface area (Å²) in [5.74, 6) is 0.520. The van der Waals surface area contributed by atoms with Gasteiger partial charge in [-0.3, -0.25) is 4.79 Å². The zero-order valence-electron chi connectivity index (χ0n) is 15.7. The van der Waals surface area contributed by atoms with Crippen molar-refractivity contribution in [1.82, 2.24) is 15.3 Å². The van der Waals surface area contributed by atoms with Gasteiger partial charge in [0.15, 0.2) is 0 Å². The maximum absolute atomic E-state index is 13.6. The minimum atomic E-state index is -0.526. The van der Waals surface area contributed by atoms with Crippen LogP contribution in [0, 0.1) is 5.41 Å². The number of carbonyl (C=O) groups excluding carboxylic acids is 1. The second kappa shape index (κ2) is 5.51. The molecule has 2 atom stereocenters. The van der Waals surface area contributed by atoms with Gasteiger partial charge in [0.05, 0.1) is 27.8 Å². The molecule has 1 amide bonds. The van der Waals surface area contributed by atoms with Crippen LogP contribution in [0.15, 0.2) is 24.3 Å². The first-order valence-electron chi connectivity index (χ1n) is 10.1. The summed E-state index contributed by atoms with van der Waals surface area (Å²) in [4.78, 5) is 23.6. The zero-order valence-corrected chi connectivity index (χ0v) is 15.7. The minimum Gasteiger partial charge on any atom is -0.353 e. The number of carbonyl (C=O) groups is 1. The topological polar surface area (TPSA) is 54.9 Å². The summed E-state index contributed by atoms with van der Waals surface area (Å²) in [5, 5.41) is 3.42. The highest BCUT2D eigenvalue weighted by molar-refractivity contribution is 5.92. The van der Waals surface area contributed by atoms with Crippen molar-refractivity contribution < 1.29 is 4.79 Å². The van der Waals surface area contributed by atoms with Gasteiger partial charge in [-0.1, -0.05) is 45.2 Å². The molecule has 2 unspecified atom stereocenters. The van der Waals surface area contributed by atoms with Crippen molar-refractivity contribution in [2.45, 2.75) is 76.2 Å². The number of nitrogens with zero attached hydrogens (tertiary/aromatic N) is 2. The Hall–Kier alpha value is -1.97. The van der Waals surface area contributed by atoms with Gasteiger partial charge in [0.1, 0.15) is 0 Å². The number of fused-ring (bicyclic) bond motifs is 6. The van der Waals surface area contributed by atoms with Gasteiger partial charge < -0.3 is 5.32 Å². The summed E-state index contributed by atoms with van der Waals surface area (Å²) in [7, 11) is 0. The Balaban J connectivity index is 1.61. The molecule has 0 spiro atoms. The maximum atomic E-state index is 13.6. The van der Waals surface area contributed by atoms with Crippen LogP contribution in [0.3, 0.4) is 0 Å². The first kappa shape index (κ1) is 16.2. The summed E-state index contributed by atoms with van der Waals surface area (Å²) < 4.78 is 0. The third kappa shape index (κ3) is 1.99. The van der Waals surface area contributed by atoms with Crippen LogP contribution < -0.4 is 5.32 Å². The van der Waals surface area contributed by atoms with Crippen molar-refractivity contribution in [3.05, 3.63) is 35.7 Å². The van der Waals surface area contributed by atoms with Gasteiger partial charge in [0.2, 0.25) is 5.91 Å². The van der Waals surface area contributed by atoms with Gasteiger partial charge in [-0.25, -0.2) is 9.97 Å². The average Bonchev–Trinajstić information content (AvgIpc) is 3.02. The average molecular weight is 349 g/mol. The monoisotopic (exact) mass is 349 g/mol. The molecule has 0 radical (unpaired) electrons. The first-order chi connectivity index (χ1) is 12.5. The lowest BCUT2D eigenvalue weighted by atomic mass is 9.67. The van der Waals surface area contributed by atoms with E-state index >= 15 is 0 Å². The van der Waals surface area contributed by atoms with E-state index in [0.29, 0.717) is 12.0 Å². The van der Waals surface area contributed by atoms with E-state index in [1.54, 1.807) is 0 Å². The van der Waals surface area contributed by atoms with Crippen LogP contribution >= 0.6 is 0 Å². The predicted octanol–water partition coefficient (Wildman–Crippen LogP) is 4.23. The highest BCUT2D eigenvalue weighted by Gasteiger charge is 2.67. The molecule has 4 nitrogen and oxygen atoms in total. The van der Waals surface area contributed by atoms with E-state index in [-0.39, 0.29) is 11.3 Å². The molecule has 2 fully saturated rings. The number of hydrogen-bond acceptors (Lipinski definition) is 3. The maximum Gasteiger partial charge on any atom is 0.233 e. The smallest absolute Gasteiger partial charge is 0.233 e. The van der Waals surface area contributed by atoms with Crippen molar-refractivity contribution in [2.75, 3.05) is 0 Å². The fraction of sp³-hybridized carbons (Fsp3) is 0.591. The quantitative estimate of drug-likeness (QED) is 0.882. The molecule has 1 N–H and O–H groups in total. The lowest BCUT2D eigenvalue weighted by Crippen LogP contribution is -2.52. The molecule has 3 aliphatic carbocycles. The Morgan fingerprint density at radius 3 is 2.46 bits per heavy atom. The van der Waals surface area contributed by atoms with Gasteiger partial charge in [0.25, 0.3) is 0 Å². The largest absolute Gasteiger partial charge is 0.353 e. The van der Waals surface area contributed by atoms with E-state index in [1.807, 2.05) is 24.3 Å². The first-order valence-corrected chi connectivity index (χ1v) is 10.1. The molecule has 2 aromatic rings. The minimum absolute atomic E-state index is 0.133. The molecular weight excluding hydrogens is 322 g/mol. The molecular formula is C22H27N3O. The van der Waals surface area contributed by atoms with E-state index in [0.717, 1.165) is 48.1 Å². The van der Waals surface area contributed by atoms with E-state index in [2.05, 4.69) is 19.2 Å². The van der Waals surface area contributed by atoms with Gasteiger partial charge in [0, 0.05) is 12.0 Å². The second-order valence-electron chi connectivity index (χ2n) is 8.97. The molecule has 0 saturated heterocycles. The van der Waals surface area contributed by atoms with Crippen LogP contribution in [-0.4, -0.2) is 21.9 Å². The number of para-hydroxylation sites is 2. The Kier molecular flexibility index (Phi) is 3.44. The van der Waals surface area contributed by atoms with Gasteiger partial charge >= 0.3 is 0 Å². The molecule has 4 heteroatoms. The van der Waals surface area contributed by atoms with Crippen LogP contribution in [0.2, 0.25) is 0 Å². The fourth-order valence-corrected chi connectivity index (χ4v) is 5.88. The number of rotatable bonds is 2. The predicted molar refractivity (Wildman–Crippen MR) is 102 cm³/mol. The van der Waals surface area contributed by atoms with Crippen LogP contribution in [0.5, 0.6) is 0 Å². The van der Waals surface area contributed by atoms with E-state index in [4.69, 9.17) is 9.97 Å². The second-order valence-corrected chi connectivity index (χ2v) is 8.97. The van der Waals surface area contributed by atoms with E-state index in [9.17, 15) is 4.79 Å². The number of hydrogen-bond donors (Lipinski definition) is 1. The summed E-state index contributed by atoms with van der Waals surface area (Å²) in [6.07, 6.45) is 7.90. The third-order valence-corrected chi connectivity index (χ3v) is 7.44. The number of aromatic nitrogens is 2. The van der Waals surface area contributed by atoms with Gasteiger partial charge in [-0.2, -0.15) is 0 Å². The Labute approximate surface area is 154 Å². The molecule has 136 valence electrons. The number of nitrogens with one attached hydrogen (secondary N) is 1. The van der Waals surface area contributed by atoms with Crippen molar-refractivity contribution in [3.63, 3.8) is 0 Å². The standard InChI is InChI=1S/C22H27N3O/c1-21(2)15-12-13-22(21,20(26)23-14-8-4-3-5-9-14)19-18(15)24-16-10-6-7-11-17(16)25-19/h6-7,10-11,14-15H,3-5,8-9,12-13H2,1-2H3,(H,23,26). The van der Waals surface area contributed by atoms with Crippen molar-refractivity contribution in [2.24, 2.45) is 5.41 Å². The van der Waals surface area contributed by atoms with Gasteiger partial charge in [-0.05, 0) is 43.2 Å². The van der Waals surface area contributed by atoms with Crippen LogP contribution in [0.25, 0.3) is 11.0 Å². The molecule has 0 aliphatic heterocycles. The fourth-order valence-electron chi connectivity index (χ4n) is 5.88. The molecule has 1 aromatic heterocycles. The molecule has 1 heterocycles. The Bertz CT molecular complexity index is 884. The summed E-state index contributed by atoms with van der Waals surface area (Å²) in [5.41, 5.74) is 3.20. The van der Waals surface area contributed by atoms with Crippen LogP contribution in [-0.2, 0) is 10.2 Å². The van der Waals surface area contributed by atoms with Crippen LogP contribution in [0.4, 0.5) is 0 Å². The number of amides is 1. The SMILES string of the molecule is CC1(C)C2CCC1(C(=O)NC1CCCCC1)c1nc3ccccc3nc12. The Morgan fingerprint density at radius 2 is 1.73 bits per heavy atom. The lowest BCUT2D eigenvalue weighted by Gasteiger charge is -2.38. The number of benzene rings is 1. The normalized spacial score (nSPS) is 29.7. The molecule has 26 heavy (non-hydrogen) atoms. The molecule has 3 aliphatic rings. The Morgan fingerprint density at radius 1 is 1.04 bits per heavy atom. The third-order valence-electron chi connectivity index (χ3n) is 7.44. The molecule has 1 aromatic carbocycles. The van der Waals surface area contributed by atoms with Gasteiger partial charge in [-0.15, -0.1) is 0 Å². The van der Waals surface area contributed by atoms with Crippen molar-refractivity contribution >= 4 is 16.9 Å². The van der Waals surface area contributed by atoms with Crippen molar-refractivity contribution in [3.8, 4) is 0 Å². The van der Waals surface area contributed by atoms with Crippen molar-refractivity contribution in [1.29, 1.82) is 0 Å². The summed E-state index contributed by atoms with van der Waals surface area (Å²) >= 11 is 0. The van der Waals surface area contributed by atoms with Crippen LogP contribution in [0.1, 0.15) is 76.1 Å².